The van der Waals surface area contributed by atoms with Gasteiger partial charge in [-0.2, -0.15) is 0 Å². The first-order valence-corrected chi connectivity index (χ1v) is 36.0. The summed E-state index contributed by atoms with van der Waals surface area (Å²) in [5, 5.41) is 23.3. The molecule has 0 saturated heterocycles. The van der Waals surface area contributed by atoms with Crippen LogP contribution in [-0.2, 0) is 14.3 Å². The lowest BCUT2D eigenvalue weighted by atomic mass is 10.0. The Hall–Kier alpha value is -1.40. The van der Waals surface area contributed by atoms with Gasteiger partial charge in [-0.3, -0.25) is 9.59 Å². The molecule has 0 saturated carbocycles. The molecule has 0 spiro atoms. The van der Waals surface area contributed by atoms with E-state index in [-0.39, 0.29) is 18.5 Å². The van der Waals surface area contributed by atoms with Crippen molar-refractivity contribution in [3.05, 3.63) is 12.2 Å². The predicted octanol–water partition coefficient (Wildman–Crippen LogP) is 23.1. The molecule has 6 heteroatoms. The molecule has 0 radical (unpaired) electrons. The fourth-order valence-electron chi connectivity index (χ4n) is 11.6. The first kappa shape index (κ1) is 76.6. The lowest BCUT2D eigenvalue weighted by Crippen LogP contribution is -2.45. The molecule has 0 fully saturated rings. The van der Waals surface area contributed by atoms with Crippen LogP contribution < -0.4 is 5.32 Å². The van der Waals surface area contributed by atoms with Crippen molar-refractivity contribution in [2.45, 2.75) is 424 Å². The molecule has 2 unspecified atom stereocenters. The maximum absolute atomic E-state index is 12.5. The van der Waals surface area contributed by atoms with E-state index >= 15 is 0 Å². The number of amides is 1. The Morgan fingerprint density at radius 1 is 0.346 bits per heavy atom. The number of hydrogen-bond acceptors (Lipinski definition) is 5. The van der Waals surface area contributed by atoms with E-state index < -0.39 is 12.1 Å². The lowest BCUT2D eigenvalue weighted by Gasteiger charge is -2.20. The van der Waals surface area contributed by atoms with Crippen molar-refractivity contribution in [1.29, 1.82) is 0 Å². The average Bonchev–Trinajstić information content (AvgIpc) is 3.44. The number of nitrogens with one attached hydrogen (secondary N) is 1. The van der Waals surface area contributed by atoms with Crippen LogP contribution in [0.2, 0.25) is 0 Å². The molecule has 0 aromatic heterocycles. The number of hydrogen-bond donors (Lipinski definition) is 3. The van der Waals surface area contributed by atoms with E-state index in [4.69, 9.17) is 4.74 Å². The summed E-state index contributed by atoms with van der Waals surface area (Å²) in [5.74, 6) is -0.0455. The number of unbranched alkanes of at least 4 members (excludes halogenated alkanes) is 57. The van der Waals surface area contributed by atoms with E-state index in [1.54, 1.807) is 6.08 Å². The van der Waals surface area contributed by atoms with Gasteiger partial charge in [-0.1, -0.05) is 379 Å². The normalized spacial score (nSPS) is 12.5. The fraction of sp³-hybridized carbons (Fsp3) is 0.944. The monoisotopic (exact) mass is 1100 g/mol. The molecular weight excluding hydrogens is 959 g/mol. The second-order valence-electron chi connectivity index (χ2n) is 24.9. The molecule has 0 bridgehead atoms. The minimum Gasteiger partial charge on any atom is -0.466 e. The van der Waals surface area contributed by atoms with E-state index in [0.29, 0.717) is 19.4 Å². The van der Waals surface area contributed by atoms with Crippen LogP contribution in [0.15, 0.2) is 12.2 Å². The van der Waals surface area contributed by atoms with Crippen LogP contribution in [0.5, 0.6) is 0 Å². The summed E-state index contributed by atoms with van der Waals surface area (Å²) < 4.78 is 5.49. The Kier molecular flexibility index (Phi) is 66.9. The van der Waals surface area contributed by atoms with Gasteiger partial charge >= 0.3 is 5.97 Å². The number of ether oxygens (including phenoxy) is 1. The van der Waals surface area contributed by atoms with Crippen molar-refractivity contribution in [2.75, 3.05) is 13.2 Å². The number of allylic oxidation sites excluding steroid dienone is 1. The molecule has 3 N–H and O–H groups in total. The molecule has 78 heavy (non-hydrogen) atoms. The van der Waals surface area contributed by atoms with E-state index in [1.165, 1.54) is 347 Å². The second kappa shape index (κ2) is 68.1. The number of esters is 1. The smallest absolute Gasteiger partial charge is 0.305 e. The summed E-state index contributed by atoms with van der Waals surface area (Å²) in [6, 6.07) is -0.628. The molecule has 464 valence electrons. The highest BCUT2D eigenvalue weighted by Crippen LogP contribution is 2.19. The molecule has 6 nitrogen and oxygen atoms in total. The van der Waals surface area contributed by atoms with Gasteiger partial charge in [0.15, 0.2) is 0 Å². The highest BCUT2D eigenvalue weighted by Gasteiger charge is 2.18. The quantitative estimate of drug-likeness (QED) is 0.0320. The largest absolute Gasteiger partial charge is 0.466 e. The average molecular weight is 1100 g/mol. The zero-order chi connectivity index (χ0) is 56.4. The highest BCUT2D eigenvalue weighted by molar-refractivity contribution is 5.76. The molecule has 0 heterocycles. The molecule has 0 aromatic rings. The highest BCUT2D eigenvalue weighted by atomic mass is 16.5. The number of aliphatic hydroxyl groups excluding tert-OH is 2. The standard InChI is InChI=1S/C72H141NO5/c1-3-5-7-9-11-13-15-17-18-19-20-21-22-23-25-28-31-34-37-41-44-48-52-56-60-64-70(75)69(68-74)73-71(76)65-61-57-53-49-45-42-38-35-32-29-26-24-27-30-33-36-39-43-47-51-55-59-63-67-78-72(77)66-62-58-54-50-46-40-16-14-12-10-8-6-4-2/h60,64,69-70,74-75H,3-59,61-63,65-68H2,1-2H3,(H,73,76)/b64-60+. The minimum absolute atomic E-state index is 0.0166. The molecule has 0 rings (SSSR count). The SMILES string of the molecule is CCCCCCCCCCCCCCCCCCCCCCCCC/C=C/C(O)C(CO)NC(=O)CCCCCCCCCCCCCCCCCCCCCCCCCOC(=O)CCCCCCCCCCCCCCC. The molecular formula is C72H141NO5. The number of carbonyl (C=O) groups is 2. The van der Waals surface area contributed by atoms with Gasteiger partial charge in [0.25, 0.3) is 0 Å². The Labute approximate surface area is 489 Å². The van der Waals surface area contributed by atoms with Crippen LogP contribution in [0.4, 0.5) is 0 Å². The topological polar surface area (TPSA) is 95.9 Å². The van der Waals surface area contributed by atoms with Crippen LogP contribution in [0.1, 0.15) is 412 Å². The van der Waals surface area contributed by atoms with Crippen molar-refractivity contribution in [1.82, 2.24) is 5.32 Å². The summed E-state index contributed by atoms with van der Waals surface area (Å²) in [7, 11) is 0. The Balaban J connectivity index is 3.40. The van der Waals surface area contributed by atoms with E-state index in [0.717, 1.165) is 38.5 Å². The molecule has 0 aliphatic heterocycles. The maximum Gasteiger partial charge on any atom is 0.305 e. The van der Waals surface area contributed by atoms with Crippen molar-refractivity contribution in [3.63, 3.8) is 0 Å². The van der Waals surface area contributed by atoms with Crippen LogP contribution in [0.25, 0.3) is 0 Å². The zero-order valence-corrected chi connectivity index (χ0v) is 53.2. The molecule has 0 aliphatic carbocycles. The van der Waals surface area contributed by atoms with Crippen molar-refractivity contribution in [3.8, 4) is 0 Å². The lowest BCUT2D eigenvalue weighted by molar-refractivity contribution is -0.143. The minimum atomic E-state index is -0.845. The molecule has 2 atom stereocenters. The number of aliphatic hydroxyl groups is 2. The zero-order valence-electron chi connectivity index (χ0n) is 53.2. The first-order chi connectivity index (χ1) is 38.5. The van der Waals surface area contributed by atoms with Gasteiger partial charge in [0.1, 0.15) is 0 Å². The van der Waals surface area contributed by atoms with Gasteiger partial charge in [-0.15, -0.1) is 0 Å². The summed E-state index contributed by atoms with van der Waals surface area (Å²) >= 11 is 0. The van der Waals surface area contributed by atoms with Crippen molar-refractivity contribution < 1.29 is 24.5 Å². The van der Waals surface area contributed by atoms with E-state index in [2.05, 4.69) is 19.2 Å². The van der Waals surface area contributed by atoms with Gasteiger partial charge < -0.3 is 20.3 Å². The van der Waals surface area contributed by atoms with Gasteiger partial charge in [-0.25, -0.2) is 0 Å². The summed E-state index contributed by atoms with van der Waals surface area (Å²) in [5.41, 5.74) is 0. The third-order valence-electron chi connectivity index (χ3n) is 17.1. The van der Waals surface area contributed by atoms with Gasteiger partial charge in [0, 0.05) is 12.8 Å². The van der Waals surface area contributed by atoms with Crippen molar-refractivity contribution in [2.24, 2.45) is 0 Å². The number of carbonyl (C=O) groups excluding carboxylic acids is 2. The van der Waals surface area contributed by atoms with Crippen molar-refractivity contribution >= 4 is 11.9 Å². The van der Waals surface area contributed by atoms with Crippen LogP contribution >= 0.6 is 0 Å². The van der Waals surface area contributed by atoms with Crippen LogP contribution in [0, 0.1) is 0 Å². The summed E-state index contributed by atoms with van der Waals surface area (Å²) in [6.45, 7) is 4.95. The molecule has 0 aliphatic rings. The van der Waals surface area contributed by atoms with Gasteiger partial charge in [0.2, 0.25) is 5.91 Å². The van der Waals surface area contributed by atoms with Crippen LogP contribution in [-0.4, -0.2) is 47.4 Å². The Bertz CT molecular complexity index is 1180. The fourth-order valence-corrected chi connectivity index (χ4v) is 11.6. The number of rotatable bonds is 68. The Morgan fingerprint density at radius 3 is 0.872 bits per heavy atom. The second-order valence-corrected chi connectivity index (χ2v) is 24.9. The summed E-state index contributed by atoms with van der Waals surface area (Å²) in [6.07, 6.45) is 84.4. The first-order valence-electron chi connectivity index (χ1n) is 36.0. The van der Waals surface area contributed by atoms with E-state index in [9.17, 15) is 19.8 Å². The Morgan fingerprint density at radius 2 is 0.590 bits per heavy atom. The van der Waals surface area contributed by atoms with Crippen LogP contribution in [0.3, 0.4) is 0 Å². The maximum atomic E-state index is 12.5. The third kappa shape index (κ3) is 63.8. The predicted molar refractivity (Wildman–Crippen MR) is 343 cm³/mol. The molecule has 1 amide bonds. The molecule has 0 aromatic carbocycles. The van der Waals surface area contributed by atoms with Gasteiger partial charge in [0.05, 0.1) is 25.4 Å². The van der Waals surface area contributed by atoms with Gasteiger partial charge in [-0.05, 0) is 32.1 Å². The van der Waals surface area contributed by atoms with E-state index in [1.807, 2.05) is 6.08 Å². The summed E-state index contributed by atoms with van der Waals surface area (Å²) in [4.78, 5) is 24.6. The third-order valence-corrected chi connectivity index (χ3v) is 17.1.